The molecule has 0 bridgehead atoms. The van der Waals surface area contributed by atoms with Gasteiger partial charge in [0.25, 0.3) is 0 Å². The Morgan fingerprint density at radius 2 is 1.95 bits per heavy atom. The summed E-state index contributed by atoms with van der Waals surface area (Å²) in [6.45, 7) is 0. The highest BCUT2D eigenvalue weighted by atomic mass is 79.9. The maximum absolute atomic E-state index is 13.4. The fraction of sp³-hybridized carbons (Fsp3) is 0. The molecule has 3 rings (SSSR count). The van der Waals surface area contributed by atoms with Gasteiger partial charge in [-0.2, -0.15) is 0 Å². The molecule has 2 aromatic carbocycles. The van der Waals surface area contributed by atoms with Gasteiger partial charge in [0.1, 0.15) is 11.4 Å². The number of aromatic carboxylic acids is 1. The van der Waals surface area contributed by atoms with Gasteiger partial charge < -0.3 is 9.52 Å². The highest BCUT2D eigenvalue weighted by Crippen LogP contribution is 2.27. The molecule has 0 atom stereocenters. The Bertz CT molecular complexity index is 962. The van der Waals surface area contributed by atoms with Gasteiger partial charge in [-0.3, -0.25) is 4.79 Å². The Kier molecular flexibility index (Phi) is 3.54. The summed E-state index contributed by atoms with van der Waals surface area (Å²) in [4.78, 5) is 23.9. The summed E-state index contributed by atoms with van der Waals surface area (Å²) in [5.74, 6) is -2.13. The minimum atomic E-state index is -1.42. The molecule has 1 heterocycles. The normalized spacial score (nSPS) is 10.8. The van der Waals surface area contributed by atoms with Crippen molar-refractivity contribution in [2.45, 2.75) is 0 Å². The molecule has 3 aromatic rings. The summed E-state index contributed by atoms with van der Waals surface area (Å²) in [6.07, 6.45) is 0. The van der Waals surface area contributed by atoms with E-state index in [4.69, 9.17) is 4.42 Å². The largest absolute Gasteiger partial charge is 0.477 e. The first-order valence-electron chi connectivity index (χ1n) is 6.23. The molecule has 0 radical (unpaired) electrons. The lowest BCUT2D eigenvalue weighted by molar-refractivity contribution is 0.0694. The summed E-state index contributed by atoms with van der Waals surface area (Å²) in [5.41, 5.74) is -0.762. The number of fused-ring (bicyclic) bond motifs is 1. The van der Waals surface area contributed by atoms with Gasteiger partial charge in [-0.05, 0) is 30.3 Å². The van der Waals surface area contributed by atoms with E-state index in [1.807, 2.05) is 0 Å². The van der Waals surface area contributed by atoms with Crippen molar-refractivity contribution in [2.24, 2.45) is 0 Å². The van der Waals surface area contributed by atoms with Gasteiger partial charge in [-0.1, -0.05) is 28.1 Å². The zero-order chi connectivity index (χ0) is 15.9. The van der Waals surface area contributed by atoms with Crippen molar-refractivity contribution in [1.29, 1.82) is 0 Å². The van der Waals surface area contributed by atoms with Gasteiger partial charge in [-0.15, -0.1) is 0 Å². The number of rotatable bonds is 2. The van der Waals surface area contributed by atoms with Crippen molar-refractivity contribution in [3.63, 3.8) is 0 Å². The molecular weight excluding hydrogens is 355 g/mol. The van der Waals surface area contributed by atoms with Crippen LogP contribution in [0.3, 0.4) is 0 Å². The summed E-state index contributed by atoms with van der Waals surface area (Å²) in [7, 11) is 0. The average Bonchev–Trinajstić information content (AvgIpc) is 2.47. The summed E-state index contributed by atoms with van der Waals surface area (Å²) >= 11 is 3.22. The zero-order valence-electron chi connectivity index (χ0n) is 11.0. The fourth-order valence-corrected chi connectivity index (χ4v) is 2.56. The van der Waals surface area contributed by atoms with E-state index >= 15 is 0 Å². The number of carbonyl (C=O) groups is 1. The van der Waals surface area contributed by atoms with Crippen LogP contribution in [0.5, 0.6) is 0 Å². The van der Waals surface area contributed by atoms with Crippen LogP contribution >= 0.6 is 15.9 Å². The Morgan fingerprint density at radius 3 is 2.64 bits per heavy atom. The maximum atomic E-state index is 13.4. The lowest BCUT2D eigenvalue weighted by Crippen LogP contribution is -2.16. The summed E-state index contributed by atoms with van der Waals surface area (Å²) in [6, 6.07) is 9.95. The van der Waals surface area contributed by atoms with Crippen LogP contribution in [0.1, 0.15) is 10.4 Å². The van der Waals surface area contributed by atoms with Gasteiger partial charge in [0.05, 0.1) is 5.39 Å². The van der Waals surface area contributed by atoms with E-state index < -0.39 is 22.8 Å². The molecule has 0 fully saturated rings. The number of halogens is 2. The van der Waals surface area contributed by atoms with E-state index in [0.717, 1.165) is 6.07 Å². The minimum Gasteiger partial charge on any atom is -0.477 e. The molecule has 22 heavy (non-hydrogen) atoms. The second-order valence-corrected chi connectivity index (χ2v) is 5.51. The summed E-state index contributed by atoms with van der Waals surface area (Å²) < 4.78 is 19.6. The van der Waals surface area contributed by atoms with Crippen molar-refractivity contribution >= 4 is 32.9 Å². The zero-order valence-corrected chi connectivity index (χ0v) is 12.6. The molecule has 0 saturated carbocycles. The van der Waals surface area contributed by atoms with E-state index in [2.05, 4.69) is 15.9 Å². The SMILES string of the molecule is O=C(O)c1c(-c2cccc(F)c2)oc2ccc(Br)cc2c1=O. The number of carboxylic acid groups (broad SMARTS) is 1. The molecule has 6 heteroatoms. The van der Waals surface area contributed by atoms with Crippen molar-refractivity contribution in [3.8, 4) is 11.3 Å². The predicted octanol–water partition coefficient (Wildman–Crippen LogP) is 4.06. The van der Waals surface area contributed by atoms with Crippen molar-refractivity contribution < 1.29 is 18.7 Å². The molecule has 0 spiro atoms. The van der Waals surface area contributed by atoms with E-state index in [1.165, 1.54) is 24.3 Å². The molecule has 4 nitrogen and oxygen atoms in total. The number of benzene rings is 2. The van der Waals surface area contributed by atoms with Crippen LogP contribution in [0, 0.1) is 5.82 Å². The van der Waals surface area contributed by atoms with Gasteiger partial charge in [0.2, 0.25) is 5.43 Å². The summed E-state index contributed by atoms with van der Waals surface area (Å²) in [5, 5.41) is 9.49. The first kappa shape index (κ1) is 14.5. The molecule has 1 N–H and O–H groups in total. The quantitative estimate of drug-likeness (QED) is 0.746. The van der Waals surface area contributed by atoms with Crippen molar-refractivity contribution in [3.05, 3.63) is 68.5 Å². The third kappa shape index (κ3) is 2.42. The van der Waals surface area contributed by atoms with Crippen LogP contribution in [-0.2, 0) is 0 Å². The van der Waals surface area contributed by atoms with Gasteiger partial charge in [0.15, 0.2) is 11.3 Å². The molecule has 0 amide bonds. The van der Waals surface area contributed by atoms with Crippen LogP contribution in [0.25, 0.3) is 22.3 Å². The van der Waals surface area contributed by atoms with Crippen LogP contribution in [0.15, 0.2) is 56.1 Å². The predicted molar refractivity (Wildman–Crippen MR) is 82.5 cm³/mol. The highest BCUT2D eigenvalue weighted by Gasteiger charge is 2.22. The molecular formula is C16H8BrFO4. The van der Waals surface area contributed by atoms with Crippen LogP contribution in [0.2, 0.25) is 0 Å². The molecule has 110 valence electrons. The number of carboxylic acids is 1. The van der Waals surface area contributed by atoms with Gasteiger partial charge in [-0.25, -0.2) is 9.18 Å². The smallest absolute Gasteiger partial charge is 0.343 e. The van der Waals surface area contributed by atoms with E-state index in [1.54, 1.807) is 12.1 Å². The van der Waals surface area contributed by atoms with Crippen LogP contribution in [0.4, 0.5) is 4.39 Å². The monoisotopic (exact) mass is 362 g/mol. The third-order valence-corrected chi connectivity index (χ3v) is 3.65. The number of hydrogen-bond donors (Lipinski definition) is 1. The second-order valence-electron chi connectivity index (χ2n) is 4.59. The lowest BCUT2D eigenvalue weighted by atomic mass is 10.0. The van der Waals surface area contributed by atoms with E-state index in [9.17, 15) is 19.1 Å². The lowest BCUT2D eigenvalue weighted by Gasteiger charge is -2.07. The number of hydrogen-bond acceptors (Lipinski definition) is 3. The van der Waals surface area contributed by atoms with E-state index in [0.29, 0.717) is 4.47 Å². The Morgan fingerprint density at radius 1 is 1.18 bits per heavy atom. The van der Waals surface area contributed by atoms with E-state index in [-0.39, 0.29) is 22.3 Å². The first-order chi connectivity index (χ1) is 10.5. The fourth-order valence-electron chi connectivity index (χ4n) is 2.19. The Hall–Kier alpha value is -2.47. The molecule has 1 aromatic heterocycles. The van der Waals surface area contributed by atoms with Crippen molar-refractivity contribution in [2.75, 3.05) is 0 Å². The van der Waals surface area contributed by atoms with Crippen LogP contribution < -0.4 is 5.43 Å². The average molecular weight is 363 g/mol. The van der Waals surface area contributed by atoms with Crippen LogP contribution in [-0.4, -0.2) is 11.1 Å². The molecule has 0 unspecified atom stereocenters. The Balaban J connectivity index is 2.44. The highest BCUT2D eigenvalue weighted by molar-refractivity contribution is 9.10. The van der Waals surface area contributed by atoms with Gasteiger partial charge >= 0.3 is 5.97 Å². The molecule has 0 aliphatic carbocycles. The minimum absolute atomic E-state index is 0.145. The molecule has 0 saturated heterocycles. The second kappa shape index (κ2) is 5.38. The van der Waals surface area contributed by atoms with Crippen molar-refractivity contribution in [1.82, 2.24) is 0 Å². The molecule has 0 aliphatic rings. The van der Waals surface area contributed by atoms with Gasteiger partial charge in [0, 0.05) is 10.0 Å². The third-order valence-electron chi connectivity index (χ3n) is 3.15. The molecule has 0 aliphatic heterocycles. The maximum Gasteiger partial charge on any atom is 0.343 e. The topological polar surface area (TPSA) is 67.5 Å². The standard InChI is InChI=1S/C16H8BrFO4/c17-9-4-5-12-11(7-9)14(19)13(16(20)21)15(22-12)8-2-1-3-10(18)6-8/h1-7H,(H,20,21). The first-order valence-corrected chi connectivity index (χ1v) is 7.02. The Labute approximate surface area is 131 Å².